The van der Waals surface area contributed by atoms with Crippen LogP contribution < -0.4 is 9.03 Å². The molecule has 1 aliphatic rings. The lowest BCUT2D eigenvalue weighted by atomic mass is 10.4. The summed E-state index contributed by atoms with van der Waals surface area (Å²) in [5.74, 6) is 0.344. The smallest absolute Gasteiger partial charge is 0.265 e. The maximum Gasteiger partial charge on any atom is 0.265 e. The maximum absolute atomic E-state index is 13.0. The number of hydrogen-bond donors (Lipinski definition) is 1. The van der Waals surface area contributed by atoms with Gasteiger partial charge in [0.15, 0.2) is 0 Å². The fourth-order valence-electron chi connectivity index (χ4n) is 2.37. The minimum absolute atomic E-state index is 0.244. The summed E-state index contributed by atoms with van der Waals surface area (Å²) in [6, 6.07) is 5.62. The Labute approximate surface area is 147 Å². The molecule has 1 heterocycles. The lowest BCUT2D eigenvalue weighted by Gasteiger charge is -2.19. The van der Waals surface area contributed by atoms with E-state index >= 15 is 0 Å². The van der Waals surface area contributed by atoms with Gasteiger partial charge in [0.1, 0.15) is 9.79 Å². The van der Waals surface area contributed by atoms with Crippen molar-refractivity contribution in [2.75, 3.05) is 17.9 Å². The van der Waals surface area contributed by atoms with Gasteiger partial charge in [-0.15, -0.1) is 0 Å². The first kappa shape index (κ1) is 17.9. The van der Waals surface area contributed by atoms with Gasteiger partial charge >= 0.3 is 0 Å². The van der Waals surface area contributed by atoms with E-state index in [4.69, 9.17) is 0 Å². The molecule has 2 aromatic rings. The number of aryl methyl sites for hydroxylation is 1. The molecule has 1 aromatic carbocycles. The van der Waals surface area contributed by atoms with Crippen LogP contribution in [-0.2, 0) is 27.1 Å². The Morgan fingerprint density at radius 1 is 1.20 bits per heavy atom. The van der Waals surface area contributed by atoms with Crippen molar-refractivity contribution in [3.8, 4) is 0 Å². The number of aromatic nitrogens is 2. The van der Waals surface area contributed by atoms with Gasteiger partial charge in [0.25, 0.3) is 10.0 Å². The molecule has 10 heteroatoms. The molecule has 1 fully saturated rings. The van der Waals surface area contributed by atoms with Crippen LogP contribution in [0.25, 0.3) is 0 Å². The summed E-state index contributed by atoms with van der Waals surface area (Å²) in [6.07, 6.45) is 4.93. The van der Waals surface area contributed by atoms with Crippen LogP contribution in [0.2, 0.25) is 0 Å². The van der Waals surface area contributed by atoms with E-state index in [1.807, 2.05) is 0 Å². The van der Waals surface area contributed by atoms with Gasteiger partial charge in [0, 0.05) is 26.8 Å². The highest BCUT2D eigenvalue weighted by atomic mass is 32.2. The average Bonchev–Trinajstić information content (AvgIpc) is 3.32. The quantitative estimate of drug-likeness (QED) is 0.765. The third-order valence-electron chi connectivity index (χ3n) is 4.09. The molecule has 1 aromatic heterocycles. The molecule has 1 N–H and O–H groups in total. The van der Waals surface area contributed by atoms with E-state index in [0.29, 0.717) is 18.2 Å². The van der Waals surface area contributed by atoms with Crippen LogP contribution in [0.3, 0.4) is 0 Å². The first-order valence-corrected chi connectivity index (χ1v) is 10.7. The van der Waals surface area contributed by atoms with E-state index < -0.39 is 20.0 Å². The fraction of sp³-hybridized carbons (Fsp3) is 0.400. The molecule has 0 atom stereocenters. The number of sulfonamides is 2. The Bertz CT molecular complexity index is 978. The maximum atomic E-state index is 13.0. The molecule has 1 aliphatic carbocycles. The topological polar surface area (TPSA) is 101 Å². The van der Waals surface area contributed by atoms with Crippen molar-refractivity contribution in [2.45, 2.75) is 22.6 Å². The minimum Gasteiger partial charge on any atom is -0.274 e. The predicted molar refractivity (Wildman–Crippen MR) is 93.2 cm³/mol. The van der Waals surface area contributed by atoms with Gasteiger partial charge in [0.2, 0.25) is 10.0 Å². The van der Waals surface area contributed by atoms with Gasteiger partial charge in [-0.1, -0.05) is 12.1 Å². The third kappa shape index (κ3) is 3.70. The minimum atomic E-state index is -4.05. The van der Waals surface area contributed by atoms with Crippen molar-refractivity contribution < 1.29 is 16.8 Å². The van der Waals surface area contributed by atoms with Gasteiger partial charge in [0.05, 0.1) is 11.9 Å². The largest absolute Gasteiger partial charge is 0.274 e. The summed E-state index contributed by atoms with van der Waals surface area (Å²) < 4.78 is 56.1. The van der Waals surface area contributed by atoms with Gasteiger partial charge in [-0.05, 0) is 30.9 Å². The lowest BCUT2D eigenvalue weighted by Crippen LogP contribution is -2.31. The Hall–Kier alpha value is -1.91. The van der Waals surface area contributed by atoms with Crippen molar-refractivity contribution in [1.29, 1.82) is 0 Å². The highest BCUT2D eigenvalue weighted by Gasteiger charge is 2.31. The van der Waals surface area contributed by atoms with Crippen LogP contribution in [-0.4, -0.2) is 40.2 Å². The molecule has 0 spiro atoms. The Balaban J connectivity index is 1.99. The number of anilines is 1. The Morgan fingerprint density at radius 3 is 2.40 bits per heavy atom. The molecular formula is C15H20N4O4S2. The number of nitrogens with zero attached hydrogens (tertiary/aromatic N) is 3. The van der Waals surface area contributed by atoms with Crippen LogP contribution >= 0.6 is 0 Å². The molecule has 3 rings (SSSR count). The van der Waals surface area contributed by atoms with Crippen LogP contribution in [0, 0.1) is 5.92 Å². The number of rotatable bonds is 7. The highest BCUT2D eigenvalue weighted by molar-refractivity contribution is 7.94. The van der Waals surface area contributed by atoms with Crippen molar-refractivity contribution in [1.82, 2.24) is 14.5 Å². The van der Waals surface area contributed by atoms with E-state index in [-0.39, 0.29) is 9.79 Å². The monoisotopic (exact) mass is 384 g/mol. The summed E-state index contributed by atoms with van der Waals surface area (Å²) >= 11 is 0. The standard InChI is InChI=1S/C15H20N4O4S2/c1-18-11-13(10-16-18)19(2)25(22,23)15-6-4-3-5-14(15)24(20,21)17-9-12-7-8-12/h3-6,10-12,17H,7-9H2,1-2H3. The van der Waals surface area contributed by atoms with Gasteiger partial charge < -0.3 is 0 Å². The van der Waals surface area contributed by atoms with Gasteiger partial charge in [-0.25, -0.2) is 21.6 Å². The average molecular weight is 384 g/mol. The van der Waals surface area contributed by atoms with E-state index in [2.05, 4.69) is 9.82 Å². The van der Waals surface area contributed by atoms with Crippen LogP contribution in [0.1, 0.15) is 12.8 Å². The molecule has 25 heavy (non-hydrogen) atoms. The van der Waals surface area contributed by atoms with Crippen molar-refractivity contribution in [2.24, 2.45) is 13.0 Å². The highest BCUT2D eigenvalue weighted by Crippen LogP contribution is 2.30. The zero-order valence-electron chi connectivity index (χ0n) is 14.0. The summed E-state index contributed by atoms with van der Waals surface area (Å²) in [6.45, 7) is 0.329. The van der Waals surface area contributed by atoms with E-state index in [1.54, 1.807) is 13.2 Å². The number of nitrogens with one attached hydrogen (secondary N) is 1. The first-order valence-electron chi connectivity index (χ1n) is 7.78. The third-order valence-corrected chi connectivity index (χ3v) is 7.55. The number of hydrogen-bond acceptors (Lipinski definition) is 5. The Kier molecular flexibility index (Phi) is 4.60. The van der Waals surface area contributed by atoms with Crippen molar-refractivity contribution in [3.63, 3.8) is 0 Å². The van der Waals surface area contributed by atoms with Crippen molar-refractivity contribution >= 4 is 25.7 Å². The van der Waals surface area contributed by atoms with E-state index in [1.165, 1.54) is 42.2 Å². The second-order valence-corrected chi connectivity index (χ2v) is 9.76. The van der Waals surface area contributed by atoms with Gasteiger partial charge in [-0.3, -0.25) is 8.99 Å². The van der Waals surface area contributed by atoms with Crippen LogP contribution in [0.15, 0.2) is 46.5 Å². The zero-order valence-corrected chi connectivity index (χ0v) is 15.6. The lowest BCUT2D eigenvalue weighted by molar-refractivity contribution is 0.569. The molecular weight excluding hydrogens is 364 g/mol. The number of benzene rings is 1. The first-order chi connectivity index (χ1) is 11.7. The predicted octanol–water partition coefficient (Wildman–Crippen LogP) is 0.933. The molecule has 0 amide bonds. The SMILES string of the molecule is CN(c1cnn(C)c1)S(=O)(=O)c1ccccc1S(=O)(=O)NCC1CC1. The van der Waals surface area contributed by atoms with Crippen molar-refractivity contribution in [3.05, 3.63) is 36.7 Å². The molecule has 0 unspecified atom stereocenters. The summed E-state index contributed by atoms with van der Waals surface area (Å²) in [4.78, 5) is -0.504. The van der Waals surface area contributed by atoms with Crippen LogP contribution in [0.5, 0.6) is 0 Å². The second kappa shape index (κ2) is 6.43. The normalized spacial score (nSPS) is 15.3. The zero-order chi connectivity index (χ0) is 18.2. The molecule has 0 bridgehead atoms. The summed E-state index contributed by atoms with van der Waals surface area (Å²) in [7, 11) is -4.93. The van der Waals surface area contributed by atoms with Gasteiger partial charge in [-0.2, -0.15) is 5.10 Å². The molecule has 1 saturated carbocycles. The second-order valence-electron chi connectivity index (χ2n) is 6.09. The summed E-state index contributed by atoms with van der Waals surface area (Å²) in [5.41, 5.74) is 0.348. The fourth-order valence-corrected chi connectivity index (χ4v) is 5.46. The Morgan fingerprint density at radius 2 is 1.84 bits per heavy atom. The van der Waals surface area contributed by atoms with E-state index in [0.717, 1.165) is 17.1 Å². The molecule has 0 aliphatic heterocycles. The molecule has 0 radical (unpaired) electrons. The summed E-state index contributed by atoms with van der Waals surface area (Å²) in [5, 5.41) is 3.95. The molecule has 0 saturated heterocycles. The van der Waals surface area contributed by atoms with E-state index in [9.17, 15) is 16.8 Å². The molecule has 8 nitrogen and oxygen atoms in total. The molecule has 136 valence electrons. The van der Waals surface area contributed by atoms with Crippen LogP contribution in [0.4, 0.5) is 5.69 Å².